The Morgan fingerprint density at radius 3 is 2.47 bits per heavy atom. The van der Waals surface area contributed by atoms with Crippen LogP contribution in [0.2, 0.25) is 5.28 Å². The van der Waals surface area contributed by atoms with Crippen LogP contribution in [0.4, 0.5) is 11.9 Å². The summed E-state index contributed by atoms with van der Waals surface area (Å²) in [5, 5.41) is 16.1. The molecule has 0 bridgehead atoms. The fourth-order valence-electron chi connectivity index (χ4n) is 1.35. The molecule has 1 aromatic rings. The van der Waals surface area contributed by atoms with E-state index in [-0.39, 0.29) is 5.28 Å². The number of hydrogen-bond donors (Lipinski definition) is 3. The molecule has 1 atom stereocenters. The second kappa shape index (κ2) is 7.42. The topological polar surface area (TPSA) is 92.2 Å². The summed E-state index contributed by atoms with van der Waals surface area (Å²) >= 11 is 5.79. The number of rotatable bonds is 8. The molecule has 3 N–H and O–H groups in total. The molecular weight excluding hydrogens is 270 g/mol. The van der Waals surface area contributed by atoms with E-state index < -0.39 is 5.60 Å². The number of aromatic nitrogens is 3. The molecule has 108 valence electrons. The lowest BCUT2D eigenvalue weighted by atomic mass is 10.0. The Kier molecular flexibility index (Phi) is 6.20. The summed E-state index contributed by atoms with van der Waals surface area (Å²) in [6.45, 7) is 5.11. The van der Waals surface area contributed by atoms with Gasteiger partial charge in [-0.2, -0.15) is 15.0 Å². The third-order valence-electron chi connectivity index (χ3n) is 2.42. The van der Waals surface area contributed by atoms with Gasteiger partial charge in [-0.1, -0.05) is 0 Å². The van der Waals surface area contributed by atoms with E-state index in [0.717, 1.165) is 0 Å². The van der Waals surface area contributed by atoms with Crippen LogP contribution >= 0.6 is 11.6 Å². The van der Waals surface area contributed by atoms with Crippen molar-refractivity contribution in [3.05, 3.63) is 5.28 Å². The van der Waals surface area contributed by atoms with Crippen LogP contribution in [-0.2, 0) is 4.74 Å². The molecule has 0 amide bonds. The lowest BCUT2D eigenvalue weighted by molar-refractivity contribution is 0.0356. The molecule has 7 nitrogen and oxygen atoms in total. The lowest BCUT2D eigenvalue weighted by Gasteiger charge is -2.23. The van der Waals surface area contributed by atoms with Gasteiger partial charge in [-0.15, -0.1) is 0 Å². The average molecular weight is 290 g/mol. The molecule has 0 aromatic carbocycles. The SMILES string of the molecule is CCNc1nc(Cl)nc(NCC(C)(O)CCOC)n1. The third kappa shape index (κ3) is 6.00. The largest absolute Gasteiger partial charge is 0.388 e. The summed E-state index contributed by atoms with van der Waals surface area (Å²) in [5.74, 6) is 0.732. The van der Waals surface area contributed by atoms with Crippen molar-refractivity contribution in [2.24, 2.45) is 0 Å². The van der Waals surface area contributed by atoms with Gasteiger partial charge in [0.05, 0.1) is 5.60 Å². The predicted molar refractivity (Wildman–Crippen MR) is 74.6 cm³/mol. The van der Waals surface area contributed by atoms with E-state index in [1.807, 2.05) is 6.92 Å². The summed E-state index contributed by atoms with van der Waals surface area (Å²) in [5.41, 5.74) is -0.909. The highest BCUT2D eigenvalue weighted by Gasteiger charge is 2.20. The second-order valence-corrected chi connectivity index (χ2v) is 4.71. The van der Waals surface area contributed by atoms with Gasteiger partial charge in [-0.25, -0.2) is 0 Å². The van der Waals surface area contributed by atoms with Crippen molar-refractivity contribution in [1.29, 1.82) is 0 Å². The summed E-state index contributed by atoms with van der Waals surface area (Å²) in [6, 6.07) is 0. The van der Waals surface area contributed by atoms with Gasteiger partial charge in [0, 0.05) is 33.2 Å². The van der Waals surface area contributed by atoms with E-state index in [1.165, 1.54) is 0 Å². The Hall–Kier alpha value is -1.18. The molecule has 0 spiro atoms. The fourth-order valence-corrected chi connectivity index (χ4v) is 1.51. The van der Waals surface area contributed by atoms with Crippen LogP contribution < -0.4 is 10.6 Å². The molecule has 0 fully saturated rings. The normalized spacial score (nSPS) is 13.9. The van der Waals surface area contributed by atoms with Crippen LogP contribution in [0.3, 0.4) is 0 Å². The summed E-state index contributed by atoms with van der Waals surface area (Å²) in [6.07, 6.45) is 0.509. The highest BCUT2D eigenvalue weighted by molar-refractivity contribution is 6.28. The highest BCUT2D eigenvalue weighted by atomic mass is 35.5. The zero-order valence-corrected chi connectivity index (χ0v) is 12.2. The van der Waals surface area contributed by atoms with Gasteiger partial charge in [-0.05, 0) is 25.4 Å². The first kappa shape index (κ1) is 15.9. The minimum atomic E-state index is -0.909. The summed E-state index contributed by atoms with van der Waals surface area (Å²) in [4.78, 5) is 12.0. The van der Waals surface area contributed by atoms with Crippen molar-refractivity contribution < 1.29 is 9.84 Å². The van der Waals surface area contributed by atoms with Crippen molar-refractivity contribution in [3.63, 3.8) is 0 Å². The van der Waals surface area contributed by atoms with Crippen LogP contribution in [0, 0.1) is 0 Å². The number of hydrogen-bond acceptors (Lipinski definition) is 7. The Morgan fingerprint density at radius 2 is 1.89 bits per heavy atom. The maximum Gasteiger partial charge on any atom is 0.228 e. The number of ether oxygens (including phenoxy) is 1. The van der Waals surface area contributed by atoms with E-state index in [2.05, 4.69) is 25.6 Å². The van der Waals surface area contributed by atoms with Gasteiger partial charge in [0.15, 0.2) is 0 Å². The van der Waals surface area contributed by atoms with Crippen molar-refractivity contribution in [3.8, 4) is 0 Å². The number of nitrogens with one attached hydrogen (secondary N) is 2. The second-order valence-electron chi connectivity index (χ2n) is 4.38. The number of anilines is 2. The molecule has 1 aromatic heterocycles. The molecule has 0 aliphatic heterocycles. The molecule has 8 heteroatoms. The molecule has 1 rings (SSSR count). The number of aliphatic hydroxyl groups is 1. The van der Waals surface area contributed by atoms with E-state index in [0.29, 0.717) is 38.0 Å². The monoisotopic (exact) mass is 289 g/mol. The van der Waals surface area contributed by atoms with E-state index in [4.69, 9.17) is 16.3 Å². The first-order chi connectivity index (χ1) is 8.96. The Labute approximate surface area is 117 Å². The molecule has 19 heavy (non-hydrogen) atoms. The first-order valence-electron chi connectivity index (χ1n) is 6.07. The lowest BCUT2D eigenvalue weighted by Crippen LogP contribution is -2.35. The molecule has 0 radical (unpaired) electrons. The first-order valence-corrected chi connectivity index (χ1v) is 6.45. The van der Waals surface area contributed by atoms with E-state index in [9.17, 15) is 5.11 Å². The van der Waals surface area contributed by atoms with Crippen molar-refractivity contribution in [1.82, 2.24) is 15.0 Å². The minimum absolute atomic E-state index is 0.102. The van der Waals surface area contributed by atoms with Gasteiger partial charge < -0.3 is 20.5 Å². The summed E-state index contributed by atoms with van der Waals surface area (Å²) < 4.78 is 4.94. The smallest absolute Gasteiger partial charge is 0.228 e. The van der Waals surface area contributed by atoms with Gasteiger partial charge in [0.25, 0.3) is 0 Å². The van der Waals surface area contributed by atoms with Crippen LogP contribution in [0.15, 0.2) is 0 Å². The minimum Gasteiger partial charge on any atom is -0.388 e. The quantitative estimate of drug-likeness (QED) is 0.661. The Morgan fingerprint density at radius 1 is 1.26 bits per heavy atom. The maximum absolute atomic E-state index is 10.1. The molecule has 1 unspecified atom stereocenters. The van der Waals surface area contributed by atoms with Gasteiger partial charge in [0.2, 0.25) is 17.2 Å². The molecule has 1 heterocycles. The van der Waals surface area contributed by atoms with Crippen LogP contribution in [-0.4, -0.2) is 52.5 Å². The highest BCUT2D eigenvalue weighted by Crippen LogP contribution is 2.13. The van der Waals surface area contributed by atoms with Crippen molar-refractivity contribution >= 4 is 23.5 Å². The van der Waals surface area contributed by atoms with Crippen LogP contribution in [0.1, 0.15) is 20.3 Å². The fraction of sp³-hybridized carbons (Fsp3) is 0.727. The molecule has 0 aliphatic rings. The van der Waals surface area contributed by atoms with Crippen LogP contribution in [0.25, 0.3) is 0 Å². The Bertz CT molecular complexity index is 403. The number of nitrogens with zero attached hydrogens (tertiary/aromatic N) is 3. The summed E-state index contributed by atoms with van der Waals surface area (Å²) in [7, 11) is 1.60. The predicted octanol–water partition coefficient (Wildman–Crippen LogP) is 1.16. The Balaban J connectivity index is 2.61. The van der Waals surface area contributed by atoms with Crippen LogP contribution in [0.5, 0.6) is 0 Å². The molecule has 0 saturated heterocycles. The van der Waals surface area contributed by atoms with Gasteiger partial charge >= 0.3 is 0 Å². The zero-order chi connectivity index (χ0) is 14.3. The van der Waals surface area contributed by atoms with E-state index in [1.54, 1.807) is 14.0 Å². The molecule has 0 aliphatic carbocycles. The van der Waals surface area contributed by atoms with Crippen molar-refractivity contribution in [2.75, 3.05) is 37.4 Å². The number of halogens is 1. The van der Waals surface area contributed by atoms with Gasteiger partial charge in [0.1, 0.15) is 0 Å². The average Bonchev–Trinajstić information content (AvgIpc) is 2.34. The van der Waals surface area contributed by atoms with E-state index >= 15 is 0 Å². The van der Waals surface area contributed by atoms with Crippen molar-refractivity contribution in [2.45, 2.75) is 25.9 Å². The van der Waals surface area contributed by atoms with Gasteiger partial charge in [-0.3, -0.25) is 0 Å². The zero-order valence-electron chi connectivity index (χ0n) is 11.4. The molecule has 0 saturated carbocycles. The standard InChI is InChI=1S/C11H20ClN5O2/c1-4-13-9-15-8(12)16-10(17-9)14-7-11(2,18)5-6-19-3/h18H,4-7H2,1-3H3,(H2,13,14,15,16,17). The third-order valence-corrected chi connectivity index (χ3v) is 2.58. The maximum atomic E-state index is 10.1. The number of methoxy groups -OCH3 is 1. The molecular formula is C11H20ClN5O2.